The summed E-state index contributed by atoms with van der Waals surface area (Å²) in [5, 5.41) is 4.03. The fraction of sp³-hybridized carbons (Fsp3) is 0.357. The van der Waals surface area contributed by atoms with E-state index in [4.69, 9.17) is 0 Å². The van der Waals surface area contributed by atoms with Crippen LogP contribution in [0.4, 0.5) is 0 Å². The van der Waals surface area contributed by atoms with Crippen molar-refractivity contribution in [3.05, 3.63) is 35.5 Å². The molecule has 0 saturated heterocycles. The Labute approximate surface area is 101 Å². The van der Waals surface area contributed by atoms with Crippen molar-refractivity contribution < 1.29 is 4.79 Å². The van der Waals surface area contributed by atoms with Crippen LogP contribution in [-0.2, 0) is 7.05 Å². The highest BCUT2D eigenvalue weighted by molar-refractivity contribution is 5.99. The Hall–Kier alpha value is -1.77. The number of benzene rings is 1. The van der Waals surface area contributed by atoms with E-state index in [9.17, 15) is 4.79 Å². The maximum atomic E-state index is 12.0. The fourth-order valence-corrected chi connectivity index (χ4v) is 2.17. The van der Waals surface area contributed by atoms with Crippen LogP contribution >= 0.6 is 0 Å². The van der Waals surface area contributed by atoms with Crippen LogP contribution in [0.3, 0.4) is 0 Å². The van der Waals surface area contributed by atoms with Crippen LogP contribution in [0.15, 0.2) is 24.3 Å². The lowest BCUT2D eigenvalue weighted by molar-refractivity contribution is 0.0946. The van der Waals surface area contributed by atoms with Crippen LogP contribution in [-0.4, -0.2) is 17.0 Å². The maximum Gasteiger partial charge on any atom is 0.267 e. The number of aryl methyl sites for hydroxylation is 2. The number of amides is 1. The molecule has 1 amide bonds. The molecular formula is C14H18N2O. The van der Waals surface area contributed by atoms with Crippen molar-refractivity contribution in [1.29, 1.82) is 0 Å². The normalized spacial score (nSPS) is 10.8. The van der Waals surface area contributed by atoms with Crippen LogP contribution < -0.4 is 5.32 Å². The van der Waals surface area contributed by atoms with Gasteiger partial charge < -0.3 is 9.88 Å². The molecule has 3 nitrogen and oxygen atoms in total. The second-order valence-electron chi connectivity index (χ2n) is 4.36. The van der Waals surface area contributed by atoms with Gasteiger partial charge >= 0.3 is 0 Å². The van der Waals surface area contributed by atoms with Crippen LogP contribution in [0.25, 0.3) is 10.9 Å². The molecule has 2 rings (SSSR count). The van der Waals surface area contributed by atoms with E-state index in [-0.39, 0.29) is 5.91 Å². The van der Waals surface area contributed by atoms with Gasteiger partial charge in [-0.1, -0.05) is 25.1 Å². The number of carbonyl (C=O) groups excluding carboxylic acids is 1. The summed E-state index contributed by atoms with van der Waals surface area (Å²) in [6, 6.07) is 8.08. The summed E-state index contributed by atoms with van der Waals surface area (Å²) in [6.07, 6.45) is 0.953. The van der Waals surface area contributed by atoms with Crippen LogP contribution in [0.1, 0.15) is 29.4 Å². The molecule has 1 N–H and O–H groups in total. The zero-order valence-corrected chi connectivity index (χ0v) is 10.6. The first kappa shape index (κ1) is 11.7. The van der Waals surface area contributed by atoms with E-state index in [1.54, 1.807) is 0 Å². The predicted molar refractivity (Wildman–Crippen MR) is 70.3 cm³/mol. The van der Waals surface area contributed by atoms with Crippen molar-refractivity contribution in [2.75, 3.05) is 6.54 Å². The summed E-state index contributed by atoms with van der Waals surface area (Å²) < 4.78 is 1.97. The van der Waals surface area contributed by atoms with E-state index in [0.29, 0.717) is 0 Å². The minimum Gasteiger partial charge on any atom is -0.351 e. The first-order chi connectivity index (χ1) is 8.15. The number of nitrogens with one attached hydrogen (secondary N) is 1. The highest BCUT2D eigenvalue weighted by atomic mass is 16.1. The van der Waals surface area contributed by atoms with E-state index < -0.39 is 0 Å². The Bertz CT molecular complexity index is 555. The lowest BCUT2D eigenvalue weighted by Gasteiger charge is -2.06. The number of hydrogen-bond acceptors (Lipinski definition) is 1. The minimum atomic E-state index is 0.00458. The second-order valence-corrected chi connectivity index (χ2v) is 4.36. The fourth-order valence-electron chi connectivity index (χ4n) is 2.17. The molecule has 0 aliphatic rings. The molecule has 1 aromatic heterocycles. The quantitative estimate of drug-likeness (QED) is 0.864. The van der Waals surface area contributed by atoms with Gasteiger partial charge in [0.25, 0.3) is 5.91 Å². The third-order valence-corrected chi connectivity index (χ3v) is 3.03. The Morgan fingerprint density at radius 2 is 2.18 bits per heavy atom. The van der Waals surface area contributed by atoms with Gasteiger partial charge in [0.05, 0.1) is 5.52 Å². The van der Waals surface area contributed by atoms with Gasteiger partial charge in [0, 0.05) is 19.0 Å². The Balaban J connectivity index is 2.46. The topological polar surface area (TPSA) is 34.0 Å². The number of carbonyl (C=O) groups is 1. The molecule has 1 aromatic carbocycles. The second kappa shape index (κ2) is 4.62. The molecule has 1 heterocycles. The molecule has 90 valence electrons. The maximum absolute atomic E-state index is 12.0. The van der Waals surface area contributed by atoms with E-state index in [0.717, 1.165) is 29.6 Å². The van der Waals surface area contributed by atoms with Gasteiger partial charge in [-0.3, -0.25) is 4.79 Å². The van der Waals surface area contributed by atoms with Crippen molar-refractivity contribution in [3.8, 4) is 0 Å². The average molecular weight is 230 g/mol. The first-order valence-electron chi connectivity index (χ1n) is 5.98. The van der Waals surface area contributed by atoms with Gasteiger partial charge in [-0.05, 0) is 25.0 Å². The molecule has 0 bridgehead atoms. The van der Waals surface area contributed by atoms with Crippen molar-refractivity contribution in [3.63, 3.8) is 0 Å². The summed E-state index contributed by atoms with van der Waals surface area (Å²) >= 11 is 0. The van der Waals surface area contributed by atoms with Gasteiger partial charge in [-0.15, -0.1) is 0 Å². The molecule has 0 radical (unpaired) electrons. The van der Waals surface area contributed by atoms with Crippen LogP contribution in [0, 0.1) is 6.92 Å². The summed E-state index contributed by atoms with van der Waals surface area (Å²) in [7, 11) is 1.94. The SMILES string of the molecule is CCCNC(=O)c1cc2cccc(C)c2n1C. The molecular weight excluding hydrogens is 212 g/mol. The van der Waals surface area contributed by atoms with Crippen molar-refractivity contribution in [2.24, 2.45) is 7.05 Å². The third-order valence-electron chi connectivity index (χ3n) is 3.03. The highest BCUT2D eigenvalue weighted by Crippen LogP contribution is 2.21. The van der Waals surface area contributed by atoms with Crippen molar-refractivity contribution >= 4 is 16.8 Å². The van der Waals surface area contributed by atoms with Crippen LogP contribution in [0.5, 0.6) is 0 Å². The number of fused-ring (bicyclic) bond motifs is 1. The van der Waals surface area contributed by atoms with E-state index in [1.165, 1.54) is 5.56 Å². The molecule has 0 fully saturated rings. The smallest absolute Gasteiger partial charge is 0.267 e. The summed E-state index contributed by atoms with van der Waals surface area (Å²) in [5.74, 6) is 0.00458. The molecule has 0 spiro atoms. The van der Waals surface area contributed by atoms with E-state index >= 15 is 0 Å². The Morgan fingerprint density at radius 1 is 1.41 bits per heavy atom. The molecule has 2 aromatic rings. The standard InChI is InChI=1S/C14H18N2O/c1-4-8-15-14(17)12-9-11-7-5-6-10(2)13(11)16(12)3/h5-7,9H,4,8H2,1-3H3,(H,15,17). The molecule has 0 aliphatic carbocycles. The number of nitrogens with zero attached hydrogens (tertiary/aromatic N) is 1. The van der Waals surface area contributed by atoms with Crippen LogP contribution in [0.2, 0.25) is 0 Å². The molecule has 0 unspecified atom stereocenters. The predicted octanol–water partition coefficient (Wildman–Crippen LogP) is 2.63. The number of rotatable bonds is 3. The van der Waals surface area contributed by atoms with Gasteiger partial charge in [0.1, 0.15) is 5.69 Å². The van der Waals surface area contributed by atoms with Gasteiger partial charge in [0.2, 0.25) is 0 Å². The first-order valence-corrected chi connectivity index (χ1v) is 5.98. The minimum absolute atomic E-state index is 0.00458. The number of para-hydroxylation sites is 1. The Morgan fingerprint density at radius 3 is 2.82 bits per heavy atom. The highest BCUT2D eigenvalue weighted by Gasteiger charge is 2.13. The van der Waals surface area contributed by atoms with Crippen molar-refractivity contribution in [1.82, 2.24) is 9.88 Å². The van der Waals surface area contributed by atoms with Gasteiger partial charge in [-0.25, -0.2) is 0 Å². The summed E-state index contributed by atoms with van der Waals surface area (Å²) in [6.45, 7) is 4.83. The van der Waals surface area contributed by atoms with Gasteiger partial charge in [-0.2, -0.15) is 0 Å². The number of hydrogen-bond donors (Lipinski definition) is 1. The molecule has 3 heteroatoms. The third kappa shape index (κ3) is 2.05. The average Bonchev–Trinajstić information content (AvgIpc) is 2.65. The molecule has 0 aliphatic heterocycles. The van der Waals surface area contributed by atoms with E-state index in [2.05, 4.69) is 18.3 Å². The van der Waals surface area contributed by atoms with Gasteiger partial charge in [0.15, 0.2) is 0 Å². The molecule has 0 atom stereocenters. The monoisotopic (exact) mass is 230 g/mol. The zero-order valence-electron chi connectivity index (χ0n) is 10.6. The Kier molecular flexibility index (Phi) is 3.18. The zero-order chi connectivity index (χ0) is 12.4. The number of aromatic nitrogens is 1. The molecule has 0 saturated carbocycles. The summed E-state index contributed by atoms with van der Waals surface area (Å²) in [4.78, 5) is 12.0. The lowest BCUT2D eigenvalue weighted by atomic mass is 10.2. The largest absolute Gasteiger partial charge is 0.351 e. The lowest BCUT2D eigenvalue weighted by Crippen LogP contribution is -2.25. The summed E-state index contributed by atoms with van der Waals surface area (Å²) in [5.41, 5.74) is 3.05. The van der Waals surface area contributed by atoms with Crippen molar-refractivity contribution in [2.45, 2.75) is 20.3 Å². The molecule has 17 heavy (non-hydrogen) atoms. The van der Waals surface area contributed by atoms with E-state index in [1.807, 2.05) is 36.7 Å².